The molecule has 0 fully saturated rings. The highest BCUT2D eigenvalue weighted by molar-refractivity contribution is 7.25. The molecule has 0 unspecified atom stereocenters. The van der Waals surface area contributed by atoms with Gasteiger partial charge >= 0.3 is 17.9 Å². The second kappa shape index (κ2) is 48.1. The fraction of sp³-hybridized carbons (Fsp3) is 0.513. The number of rotatable bonds is 57. The van der Waals surface area contributed by atoms with Crippen molar-refractivity contribution in [2.75, 3.05) is 21.3 Å². The molecular weight excluding hydrogens is 1740 g/mol. The smallest absolute Gasteiger partial charge is 0.323 e. The highest BCUT2D eigenvalue weighted by Gasteiger charge is 2.58. The number of carbonyl (C=O) groups is 3. The molecule has 4 aromatic carbocycles. The van der Waals surface area contributed by atoms with Gasteiger partial charge in [0.2, 0.25) is 0 Å². The highest BCUT2D eigenvalue weighted by atomic mass is 32.1. The van der Waals surface area contributed by atoms with Crippen LogP contribution in [0.25, 0.3) is 94.0 Å². The standard InChI is InChI=1S/C117H153N3O6S6/c1-19-28-34-40-67-115(68-41-35-29-20-2)85-52-49-79(91-55-61-97(127-91)100-64-58-94(130-100)88(46-25-7)118-109(76(10)11)112(121)124-16)73-82(85)103-106(115)104-83-74-80(92-56-62-98(128-92)101-65-59-95(131-101)89(47-26-8)119-110(77(12)13)113(122)125-17)50-53-86(83)116(69-42-36-30-21-3,70-43-37-31-22-4)108(104)105-84-75-81(51-54-87(84)117(107(103)105,71-44-38-32-23-5)72-45-39-33-24-6)93-57-63-99(129-93)102-66-60-96(132-102)90(48-27-9)120-111(78(14)15)114(123)126-18/h25-27,49-66,73-78,88-90,109-111,118-120H,7-9,19-24,28-48,67-72H2,1-6,10-18H3/t88-,89-,90-,109-,110-,111-/m0/s1. The van der Waals surface area contributed by atoms with Crippen LogP contribution < -0.4 is 16.0 Å². The minimum absolute atomic E-state index is 0.0438. The van der Waals surface area contributed by atoms with E-state index in [4.69, 9.17) is 14.2 Å². The van der Waals surface area contributed by atoms with E-state index >= 15 is 0 Å². The summed E-state index contributed by atoms with van der Waals surface area (Å²) in [5.74, 6) is -0.591. The Morgan fingerprint density at radius 1 is 0.303 bits per heavy atom. The SMILES string of the molecule is C=CC[C@H](N[C@H](C(=O)OC)C(C)C)c1ccc(-c2ccc(-c3ccc4c(c3)-c3c(c5c(c6c3C(CCCCCC)(CCCCCC)c3ccc(-c7ccc(-c8ccc([C@H](CC=C)N[C@H](C(=O)OC)C(C)C)s8)s7)cc3-6)C(CCCCCC)(CCCCCC)c3ccc(-c6ccc(-c7ccc([C@H](CC=C)N[C@H](C(=O)OC)C(C)C)s7)s6)cc3-5)C4(CCCCCC)CCCCCC)s2)s1. The molecule has 0 spiro atoms. The molecule has 3 aliphatic rings. The van der Waals surface area contributed by atoms with Gasteiger partial charge in [-0.3, -0.25) is 30.3 Å². The third-order valence-electron chi connectivity index (χ3n) is 29.1. The van der Waals surface area contributed by atoms with Crippen molar-refractivity contribution in [3.05, 3.63) is 213 Å². The number of fused-ring (bicyclic) bond motifs is 12. The summed E-state index contributed by atoms with van der Waals surface area (Å²) in [5.41, 5.74) is 21.9. The van der Waals surface area contributed by atoms with E-state index in [9.17, 15) is 14.4 Å². The summed E-state index contributed by atoms with van der Waals surface area (Å²) in [5, 5.41) is 11.1. The second-order valence-electron chi connectivity index (χ2n) is 39.2. The quantitative estimate of drug-likeness (QED) is 0.0148. The van der Waals surface area contributed by atoms with E-state index in [1.165, 1.54) is 229 Å². The molecule has 15 heteroatoms. The summed E-state index contributed by atoms with van der Waals surface area (Å²) in [7, 11) is 4.46. The Morgan fingerprint density at radius 3 is 0.735 bits per heavy atom. The van der Waals surface area contributed by atoms with Gasteiger partial charge in [-0.2, -0.15) is 0 Å². The van der Waals surface area contributed by atoms with Crippen LogP contribution in [-0.4, -0.2) is 57.4 Å². The Morgan fingerprint density at radius 2 is 0.523 bits per heavy atom. The third-order valence-corrected chi connectivity index (χ3v) is 36.7. The van der Waals surface area contributed by atoms with Crippen molar-refractivity contribution in [1.82, 2.24) is 16.0 Å². The number of esters is 3. The van der Waals surface area contributed by atoms with E-state index in [2.05, 4.69) is 246 Å². The maximum atomic E-state index is 13.3. The molecule has 132 heavy (non-hydrogen) atoms. The molecule has 0 saturated carbocycles. The van der Waals surface area contributed by atoms with E-state index in [1.807, 2.05) is 86.2 Å². The van der Waals surface area contributed by atoms with Gasteiger partial charge in [-0.15, -0.1) is 87.8 Å². The molecule has 9 nitrogen and oxygen atoms in total. The van der Waals surface area contributed by atoms with Crippen LogP contribution in [0, 0.1) is 17.8 Å². The number of thiophene rings is 6. The Balaban J connectivity index is 1.12. The van der Waals surface area contributed by atoms with E-state index < -0.39 is 18.1 Å². The lowest BCUT2D eigenvalue weighted by Gasteiger charge is -2.39. The minimum Gasteiger partial charge on any atom is -0.468 e. The number of carbonyl (C=O) groups excluding carboxylic acids is 3. The molecule has 0 amide bonds. The Bertz CT molecular complexity index is 4910. The topological polar surface area (TPSA) is 115 Å². The largest absolute Gasteiger partial charge is 0.468 e. The van der Waals surface area contributed by atoms with Gasteiger partial charge in [-0.1, -0.05) is 292 Å². The van der Waals surface area contributed by atoms with E-state index in [1.54, 1.807) is 50.1 Å². The first kappa shape index (κ1) is 102. The fourth-order valence-electron chi connectivity index (χ4n) is 22.2. The van der Waals surface area contributed by atoms with Crippen molar-refractivity contribution in [2.45, 2.75) is 347 Å². The number of methoxy groups -OCH3 is 3. The number of unbranched alkanes of at least 4 members (excludes halogenated alkanes) is 18. The van der Waals surface area contributed by atoms with Crippen LogP contribution in [-0.2, 0) is 44.8 Å². The maximum absolute atomic E-state index is 13.3. The van der Waals surface area contributed by atoms with Crippen LogP contribution in [0.2, 0.25) is 0 Å². The van der Waals surface area contributed by atoms with Crippen LogP contribution in [0.1, 0.15) is 361 Å². The summed E-state index contributed by atoms with van der Waals surface area (Å²) in [6.45, 7) is 39.5. The molecule has 6 atom stereocenters. The monoisotopic (exact) mass is 1890 g/mol. The van der Waals surface area contributed by atoms with Gasteiger partial charge in [-0.05, 0) is 250 Å². The first-order valence-electron chi connectivity index (χ1n) is 50.8. The summed E-state index contributed by atoms with van der Waals surface area (Å²) in [6, 6.07) is 50.6. The van der Waals surface area contributed by atoms with Gasteiger partial charge in [0, 0.05) is 92.9 Å². The molecule has 0 radical (unpaired) electrons. The van der Waals surface area contributed by atoms with Gasteiger partial charge in [0.05, 0.1) is 21.3 Å². The summed E-state index contributed by atoms with van der Waals surface area (Å²) >= 11 is 11.2. The predicted octanol–water partition coefficient (Wildman–Crippen LogP) is 34.9. The molecule has 0 bridgehead atoms. The van der Waals surface area contributed by atoms with Crippen molar-refractivity contribution in [3.63, 3.8) is 0 Å². The zero-order valence-corrected chi connectivity index (χ0v) is 87.3. The Hall–Kier alpha value is -7.41. The molecule has 0 saturated heterocycles. The van der Waals surface area contributed by atoms with Crippen LogP contribution in [0.5, 0.6) is 0 Å². The van der Waals surface area contributed by atoms with Crippen molar-refractivity contribution in [1.29, 1.82) is 0 Å². The summed E-state index contributed by atoms with van der Waals surface area (Å²) in [6.07, 6.45) is 43.2. The summed E-state index contributed by atoms with van der Waals surface area (Å²) in [4.78, 5) is 54.8. The Labute approximate surface area is 817 Å². The first-order valence-corrected chi connectivity index (χ1v) is 55.7. The van der Waals surface area contributed by atoms with Gasteiger partial charge in [-0.25, -0.2) is 0 Å². The molecule has 6 aromatic heterocycles. The van der Waals surface area contributed by atoms with Crippen LogP contribution >= 0.6 is 68.0 Å². The van der Waals surface area contributed by atoms with Crippen LogP contribution in [0.4, 0.5) is 0 Å². The van der Waals surface area contributed by atoms with Gasteiger partial charge in [0.25, 0.3) is 0 Å². The maximum Gasteiger partial charge on any atom is 0.323 e. The third kappa shape index (κ3) is 22.1. The zero-order valence-electron chi connectivity index (χ0n) is 82.4. The highest BCUT2D eigenvalue weighted by Crippen LogP contribution is 2.72. The lowest BCUT2D eigenvalue weighted by molar-refractivity contribution is -0.145. The molecular formula is C117H153N3O6S6. The van der Waals surface area contributed by atoms with E-state index in [-0.39, 0.29) is 70.0 Å². The molecule has 6 heterocycles. The number of ether oxygens (including phenoxy) is 3. The molecule has 3 N–H and O–H groups in total. The van der Waals surface area contributed by atoms with Crippen molar-refractivity contribution in [3.8, 4) is 94.0 Å². The molecule has 0 aliphatic heterocycles. The zero-order chi connectivity index (χ0) is 93.8. The molecule has 13 rings (SSSR count). The van der Waals surface area contributed by atoms with E-state index in [0.29, 0.717) is 19.3 Å². The lowest BCUT2D eigenvalue weighted by Crippen LogP contribution is -2.43. The van der Waals surface area contributed by atoms with Crippen LogP contribution in [0.3, 0.4) is 0 Å². The van der Waals surface area contributed by atoms with E-state index in [0.717, 1.165) is 77.0 Å². The average molecular weight is 1890 g/mol. The normalized spacial score (nSPS) is 15.0. The first-order chi connectivity index (χ1) is 64.1. The number of hydrogen-bond acceptors (Lipinski definition) is 15. The van der Waals surface area contributed by atoms with Gasteiger partial charge < -0.3 is 14.2 Å². The average Bonchev–Trinajstić information content (AvgIpc) is 1.48. The van der Waals surface area contributed by atoms with Crippen molar-refractivity contribution < 1.29 is 28.6 Å². The minimum atomic E-state index is -0.450. The summed E-state index contributed by atoms with van der Waals surface area (Å²) < 4.78 is 16.1. The molecule has 708 valence electrons. The van der Waals surface area contributed by atoms with Gasteiger partial charge in [0.15, 0.2) is 0 Å². The number of hydrogen-bond donors (Lipinski definition) is 3. The fourth-order valence-corrected chi connectivity index (χ4v) is 28.8. The number of nitrogens with one attached hydrogen (secondary N) is 3. The Kier molecular flexibility index (Phi) is 37.1. The predicted molar refractivity (Wildman–Crippen MR) is 572 cm³/mol. The number of benzene rings is 4. The second-order valence-corrected chi connectivity index (χ2v) is 45.8. The molecule has 10 aromatic rings. The van der Waals surface area contributed by atoms with Gasteiger partial charge in [0.1, 0.15) is 18.1 Å². The van der Waals surface area contributed by atoms with Crippen LogP contribution in [0.15, 0.2) is 165 Å². The van der Waals surface area contributed by atoms with Crippen molar-refractivity contribution >= 4 is 85.9 Å². The molecule has 3 aliphatic carbocycles. The lowest BCUT2D eigenvalue weighted by atomic mass is 9.63. The van der Waals surface area contributed by atoms with Crippen molar-refractivity contribution in [2.24, 2.45) is 17.8 Å².